The first kappa shape index (κ1) is 10.6. The van der Waals surface area contributed by atoms with Gasteiger partial charge in [0.2, 0.25) is 0 Å². The highest BCUT2D eigenvalue weighted by atomic mass is 16.5. The molecule has 0 saturated carbocycles. The molecule has 1 heterocycles. The van der Waals surface area contributed by atoms with Crippen molar-refractivity contribution in [1.82, 2.24) is 4.98 Å². The fraction of sp³-hybridized carbons (Fsp3) is 0.154. The molecule has 82 valence electrons. The summed E-state index contributed by atoms with van der Waals surface area (Å²) in [5, 5.41) is 0. The topological polar surface area (TPSA) is 48.1 Å². The molecule has 0 aliphatic rings. The lowest BCUT2D eigenvalue weighted by Gasteiger charge is -2.12. The minimum absolute atomic E-state index is 0.0483. The molecule has 0 bridgehead atoms. The third kappa shape index (κ3) is 2.38. The first-order chi connectivity index (χ1) is 7.77. The van der Waals surface area contributed by atoms with Crippen LogP contribution in [0.4, 0.5) is 0 Å². The second-order valence-electron chi connectivity index (χ2n) is 3.62. The van der Waals surface area contributed by atoms with Crippen LogP contribution >= 0.6 is 0 Å². The zero-order chi connectivity index (χ0) is 11.4. The highest BCUT2D eigenvalue weighted by Crippen LogP contribution is 2.27. The van der Waals surface area contributed by atoms with Gasteiger partial charge in [-0.1, -0.05) is 18.2 Å². The average molecular weight is 214 g/mol. The van der Waals surface area contributed by atoms with Crippen LogP contribution < -0.4 is 10.5 Å². The van der Waals surface area contributed by atoms with Gasteiger partial charge in [-0.25, -0.2) is 0 Å². The lowest BCUT2D eigenvalue weighted by molar-refractivity contribution is 0.470. The van der Waals surface area contributed by atoms with Gasteiger partial charge in [-0.2, -0.15) is 0 Å². The van der Waals surface area contributed by atoms with Gasteiger partial charge in [-0.3, -0.25) is 4.98 Å². The summed E-state index contributed by atoms with van der Waals surface area (Å²) in [7, 11) is 0. The highest BCUT2D eigenvalue weighted by molar-refractivity contribution is 5.38. The van der Waals surface area contributed by atoms with Crippen molar-refractivity contribution in [1.29, 1.82) is 0 Å². The molecule has 0 aliphatic heterocycles. The average Bonchev–Trinajstić information content (AvgIpc) is 2.31. The molecule has 2 N–H and O–H groups in total. The number of benzene rings is 1. The monoisotopic (exact) mass is 214 g/mol. The molecule has 1 aromatic carbocycles. The predicted molar refractivity (Wildman–Crippen MR) is 63.4 cm³/mol. The summed E-state index contributed by atoms with van der Waals surface area (Å²) >= 11 is 0. The van der Waals surface area contributed by atoms with E-state index in [0.29, 0.717) is 0 Å². The van der Waals surface area contributed by atoms with Gasteiger partial charge in [0, 0.05) is 17.8 Å². The van der Waals surface area contributed by atoms with E-state index in [1.807, 2.05) is 43.3 Å². The van der Waals surface area contributed by atoms with Gasteiger partial charge in [0.1, 0.15) is 11.5 Å². The summed E-state index contributed by atoms with van der Waals surface area (Å²) in [5.74, 6) is 1.50. The zero-order valence-corrected chi connectivity index (χ0v) is 9.13. The SMILES string of the molecule is CC(N)c1ccccc1Oc1cccnc1. The summed E-state index contributed by atoms with van der Waals surface area (Å²) in [6.45, 7) is 1.94. The van der Waals surface area contributed by atoms with Gasteiger partial charge in [0.15, 0.2) is 0 Å². The molecule has 0 spiro atoms. The fourth-order valence-electron chi connectivity index (χ4n) is 1.48. The van der Waals surface area contributed by atoms with E-state index in [1.54, 1.807) is 12.4 Å². The molecule has 1 atom stereocenters. The van der Waals surface area contributed by atoms with E-state index >= 15 is 0 Å². The van der Waals surface area contributed by atoms with Gasteiger partial charge in [-0.15, -0.1) is 0 Å². The quantitative estimate of drug-likeness (QED) is 0.854. The third-order valence-electron chi connectivity index (χ3n) is 2.27. The number of nitrogens with zero attached hydrogens (tertiary/aromatic N) is 1. The van der Waals surface area contributed by atoms with Crippen molar-refractivity contribution < 1.29 is 4.74 Å². The van der Waals surface area contributed by atoms with Gasteiger partial charge in [-0.05, 0) is 25.1 Å². The van der Waals surface area contributed by atoms with Crippen molar-refractivity contribution in [3.8, 4) is 11.5 Å². The molecule has 2 rings (SSSR count). The Morgan fingerprint density at radius 2 is 2.00 bits per heavy atom. The number of pyridine rings is 1. The number of hydrogen-bond acceptors (Lipinski definition) is 3. The Balaban J connectivity index is 2.28. The molecule has 0 saturated heterocycles. The molecule has 0 amide bonds. The van der Waals surface area contributed by atoms with Crippen LogP contribution in [-0.2, 0) is 0 Å². The summed E-state index contributed by atoms with van der Waals surface area (Å²) in [4.78, 5) is 4.00. The van der Waals surface area contributed by atoms with Crippen LogP contribution in [0.1, 0.15) is 18.5 Å². The van der Waals surface area contributed by atoms with E-state index in [2.05, 4.69) is 4.98 Å². The number of aromatic nitrogens is 1. The van der Waals surface area contributed by atoms with E-state index in [0.717, 1.165) is 17.1 Å². The zero-order valence-electron chi connectivity index (χ0n) is 9.13. The summed E-state index contributed by atoms with van der Waals surface area (Å²) in [6.07, 6.45) is 3.39. The Kier molecular flexibility index (Phi) is 3.17. The van der Waals surface area contributed by atoms with E-state index in [-0.39, 0.29) is 6.04 Å². The minimum Gasteiger partial charge on any atom is -0.455 e. The van der Waals surface area contributed by atoms with Crippen molar-refractivity contribution in [2.75, 3.05) is 0 Å². The van der Waals surface area contributed by atoms with Crippen LogP contribution in [0, 0.1) is 0 Å². The standard InChI is InChI=1S/C13H14N2O/c1-10(14)12-6-2-3-7-13(12)16-11-5-4-8-15-9-11/h2-10H,14H2,1H3. The summed E-state index contributed by atoms with van der Waals surface area (Å²) in [6, 6.07) is 11.4. The lowest BCUT2D eigenvalue weighted by Crippen LogP contribution is -2.06. The molecule has 0 aliphatic carbocycles. The Labute approximate surface area is 94.9 Å². The summed E-state index contributed by atoms with van der Waals surface area (Å²) < 4.78 is 5.73. The normalized spacial score (nSPS) is 12.1. The first-order valence-electron chi connectivity index (χ1n) is 5.20. The Hall–Kier alpha value is -1.87. The van der Waals surface area contributed by atoms with Gasteiger partial charge in [0.25, 0.3) is 0 Å². The van der Waals surface area contributed by atoms with Crippen molar-refractivity contribution in [3.05, 3.63) is 54.4 Å². The van der Waals surface area contributed by atoms with E-state index < -0.39 is 0 Å². The smallest absolute Gasteiger partial charge is 0.145 e. The maximum absolute atomic E-state index is 5.87. The van der Waals surface area contributed by atoms with Gasteiger partial charge in [0.05, 0.1) is 6.20 Å². The van der Waals surface area contributed by atoms with Crippen molar-refractivity contribution in [2.24, 2.45) is 5.73 Å². The van der Waals surface area contributed by atoms with E-state index in [1.165, 1.54) is 0 Å². The predicted octanol–water partition coefficient (Wildman–Crippen LogP) is 2.89. The molecule has 1 aromatic heterocycles. The number of ether oxygens (including phenoxy) is 1. The highest BCUT2D eigenvalue weighted by Gasteiger charge is 2.07. The summed E-state index contributed by atoms with van der Waals surface area (Å²) in [5.41, 5.74) is 6.86. The van der Waals surface area contributed by atoms with Crippen LogP contribution in [0.5, 0.6) is 11.5 Å². The second kappa shape index (κ2) is 4.77. The Morgan fingerprint density at radius 1 is 1.19 bits per heavy atom. The van der Waals surface area contributed by atoms with Crippen LogP contribution in [0.2, 0.25) is 0 Å². The van der Waals surface area contributed by atoms with E-state index in [4.69, 9.17) is 10.5 Å². The molecule has 3 heteroatoms. The Bertz CT molecular complexity index is 454. The molecule has 16 heavy (non-hydrogen) atoms. The number of para-hydroxylation sites is 1. The van der Waals surface area contributed by atoms with Crippen LogP contribution in [0.3, 0.4) is 0 Å². The van der Waals surface area contributed by atoms with Gasteiger partial charge < -0.3 is 10.5 Å². The maximum atomic E-state index is 5.87. The molecule has 3 nitrogen and oxygen atoms in total. The maximum Gasteiger partial charge on any atom is 0.145 e. The number of hydrogen-bond donors (Lipinski definition) is 1. The third-order valence-corrected chi connectivity index (χ3v) is 2.27. The Morgan fingerprint density at radius 3 is 2.69 bits per heavy atom. The molecule has 0 radical (unpaired) electrons. The minimum atomic E-state index is -0.0483. The molecular formula is C13H14N2O. The van der Waals surface area contributed by atoms with Crippen molar-refractivity contribution >= 4 is 0 Å². The largest absolute Gasteiger partial charge is 0.455 e. The second-order valence-corrected chi connectivity index (χ2v) is 3.62. The number of rotatable bonds is 3. The molecule has 0 fully saturated rings. The van der Waals surface area contributed by atoms with Crippen LogP contribution in [-0.4, -0.2) is 4.98 Å². The van der Waals surface area contributed by atoms with Crippen LogP contribution in [0.25, 0.3) is 0 Å². The van der Waals surface area contributed by atoms with Gasteiger partial charge >= 0.3 is 0 Å². The first-order valence-corrected chi connectivity index (χ1v) is 5.20. The molecule has 1 unspecified atom stereocenters. The van der Waals surface area contributed by atoms with Crippen molar-refractivity contribution in [3.63, 3.8) is 0 Å². The fourth-order valence-corrected chi connectivity index (χ4v) is 1.48. The lowest BCUT2D eigenvalue weighted by atomic mass is 10.1. The molecular weight excluding hydrogens is 200 g/mol. The number of nitrogens with two attached hydrogens (primary N) is 1. The van der Waals surface area contributed by atoms with Crippen molar-refractivity contribution in [2.45, 2.75) is 13.0 Å². The molecule has 2 aromatic rings. The van der Waals surface area contributed by atoms with E-state index in [9.17, 15) is 0 Å². The van der Waals surface area contributed by atoms with Crippen LogP contribution in [0.15, 0.2) is 48.8 Å².